The Kier molecular flexibility index (Phi) is 6.71. The molecular weight excluding hydrogens is 304 g/mol. The van der Waals surface area contributed by atoms with Gasteiger partial charge in [0.15, 0.2) is 0 Å². The minimum atomic E-state index is -0.234. The largest absolute Gasteiger partial charge is 0.497 e. The van der Waals surface area contributed by atoms with E-state index in [-0.39, 0.29) is 6.03 Å². The summed E-state index contributed by atoms with van der Waals surface area (Å²) in [4.78, 5) is 11.7. The highest BCUT2D eigenvalue weighted by Gasteiger charge is 1.99. The average Bonchev–Trinajstić information content (AvgIpc) is 2.62. The Morgan fingerprint density at radius 3 is 2.50 bits per heavy atom. The Morgan fingerprint density at radius 2 is 1.79 bits per heavy atom. The van der Waals surface area contributed by atoms with Crippen molar-refractivity contribution in [3.8, 4) is 11.5 Å². The van der Waals surface area contributed by atoms with Crippen LogP contribution in [0.2, 0.25) is 0 Å². The number of hydrogen-bond acceptors (Lipinski definition) is 3. The summed E-state index contributed by atoms with van der Waals surface area (Å²) < 4.78 is 10.3. The first-order valence-electron chi connectivity index (χ1n) is 7.69. The van der Waals surface area contributed by atoms with Crippen LogP contribution in [0.5, 0.6) is 11.5 Å². The predicted molar refractivity (Wildman–Crippen MR) is 95.3 cm³/mol. The molecule has 126 valence electrons. The fraction of sp³-hybridized carbons (Fsp3) is 0.211. The lowest BCUT2D eigenvalue weighted by Gasteiger charge is -2.06. The second-order valence-corrected chi connectivity index (χ2v) is 5.11. The molecule has 0 aliphatic carbocycles. The van der Waals surface area contributed by atoms with Crippen molar-refractivity contribution >= 4 is 12.1 Å². The van der Waals surface area contributed by atoms with Gasteiger partial charge in [-0.1, -0.05) is 24.3 Å². The quantitative estimate of drug-likeness (QED) is 0.821. The van der Waals surface area contributed by atoms with Crippen LogP contribution in [0.4, 0.5) is 4.79 Å². The van der Waals surface area contributed by atoms with Crippen molar-refractivity contribution in [3.05, 3.63) is 65.9 Å². The number of amides is 2. The van der Waals surface area contributed by atoms with Crippen molar-refractivity contribution in [1.82, 2.24) is 10.6 Å². The first-order chi connectivity index (χ1) is 11.7. The maximum Gasteiger partial charge on any atom is 0.318 e. The van der Waals surface area contributed by atoms with E-state index < -0.39 is 0 Å². The van der Waals surface area contributed by atoms with Crippen molar-refractivity contribution in [1.29, 1.82) is 0 Å². The fourth-order valence-corrected chi connectivity index (χ4v) is 2.13. The molecule has 2 amide bonds. The minimum absolute atomic E-state index is 0.234. The van der Waals surface area contributed by atoms with E-state index in [1.165, 1.54) is 0 Å². The van der Waals surface area contributed by atoms with E-state index in [1.807, 2.05) is 54.6 Å². The Labute approximate surface area is 142 Å². The highest BCUT2D eigenvalue weighted by Crippen LogP contribution is 2.13. The topological polar surface area (TPSA) is 59.6 Å². The summed E-state index contributed by atoms with van der Waals surface area (Å²) in [7, 11) is 3.27. The van der Waals surface area contributed by atoms with Gasteiger partial charge in [-0.05, 0) is 47.9 Å². The van der Waals surface area contributed by atoms with Crippen molar-refractivity contribution in [3.63, 3.8) is 0 Å². The van der Waals surface area contributed by atoms with Crippen molar-refractivity contribution < 1.29 is 14.3 Å². The SMILES string of the molecule is COc1ccc(/C=C/NC(=O)NCCc2cccc(OC)c2)cc1. The zero-order valence-electron chi connectivity index (χ0n) is 13.9. The fourth-order valence-electron chi connectivity index (χ4n) is 2.13. The molecule has 0 bridgehead atoms. The van der Waals surface area contributed by atoms with E-state index in [0.717, 1.165) is 29.0 Å². The molecule has 0 saturated heterocycles. The smallest absolute Gasteiger partial charge is 0.318 e. The number of methoxy groups -OCH3 is 2. The molecule has 0 aliphatic heterocycles. The van der Waals surface area contributed by atoms with Crippen molar-refractivity contribution in [2.75, 3.05) is 20.8 Å². The van der Waals surface area contributed by atoms with Gasteiger partial charge in [-0.3, -0.25) is 0 Å². The third kappa shape index (κ3) is 5.68. The van der Waals surface area contributed by atoms with E-state index in [1.54, 1.807) is 20.4 Å². The van der Waals surface area contributed by atoms with Gasteiger partial charge in [0.1, 0.15) is 11.5 Å². The molecule has 0 aliphatic rings. The van der Waals surface area contributed by atoms with Crippen LogP contribution in [0.3, 0.4) is 0 Å². The maximum atomic E-state index is 11.7. The molecule has 0 saturated carbocycles. The molecule has 24 heavy (non-hydrogen) atoms. The van der Waals surface area contributed by atoms with E-state index >= 15 is 0 Å². The van der Waals surface area contributed by atoms with Gasteiger partial charge in [0, 0.05) is 12.7 Å². The molecule has 0 unspecified atom stereocenters. The van der Waals surface area contributed by atoms with Crippen LogP contribution in [-0.4, -0.2) is 26.8 Å². The summed E-state index contributed by atoms with van der Waals surface area (Å²) in [5.41, 5.74) is 2.09. The maximum absolute atomic E-state index is 11.7. The number of nitrogens with one attached hydrogen (secondary N) is 2. The normalized spacial score (nSPS) is 10.4. The first-order valence-corrected chi connectivity index (χ1v) is 7.69. The van der Waals surface area contributed by atoms with Crippen LogP contribution < -0.4 is 20.1 Å². The second-order valence-electron chi connectivity index (χ2n) is 5.11. The molecule has 5 nitrogen and oxygen atoms in total. The van der Waals surface area contributed by atoms with Gasteiger partial charge in [-0.15, -0.1) is 0 Å². The van der Waals surface area contributed by atoms with Gasteiger partial charge < -0.3 is 20.1 Å². The highest BCUT2D eigenvalue weighted by molar-refractivity contribution is 5.75. The summed E-state index contributed by atoms with van der Waals surface area (Å²) in [6.07, 6.45) is 4.18. The van der Waals surface area contributed by atoms with Gasteiger partial charge in [0.25, 0.3) is 0 Å². The number of ether oxygens (including phenoxy) is 2. The molecule has 2 N–H and O–H groups in total. The highest BCUT2D eigenvalue weighted by atomic mass is 16.5. The second kappa shape index (κ2) is 9.25. The molecule has 0 fully saturated rings. The minimum Gasteiger partial charge on any atom is -0.497 e. The van der Waals surface area contributed by atoms with Crippen LogP contribution in [0, 0.1) is 0 Å². The molecule has 2 aromatic rings. The third-order valence-electron chi connectivity index (χ3n) is 3.44. The predicted octanol–water partition coefficient (Wildman–Crippen LogP) is 3.22. The van der Waals surface area contributed by atoms with E-state index in [9.17, 15) is 4.79 Å². The average molecular weight is 326 g/mol. The lowest BCUT2D eigenvalue weighted by Crippen LogP contribution is -2.33. The Balaban J connectivity index is 1.71. The molecule has 2 rings (SSSR count). The molecule has 0 spiro atoms. The van der Waals surface area contributed by atoms with Crippen molar-refractivity contribution in [2.45, 2.75) is 6.42 Å². The van der Waals surface area contributed by atoms with Crippen LogP contribution in [0.25, 0.3) is 6.08 Å². The number of carbonyl (C=O) groups excluding carboxylic acids is 1. The van der Waals surface area contributed by atoms with E-state index in [0.29, 0.717) is 6.54 Å². The zero-order valence-corrected chi connectivity index (χ0v) is 13.9. The number of hydrogen-bond donors (Lipinski definition) is 2. The summed E-state index contributed by atoms with van der Waals surface area (Å²) in [5.74, 6) is 1.62. The van der Waals surface area contributed by atoms with Crippen molar-refractivity contribution in [2.24, 2.45) is 0 Å². The van der Waals surface area contributed by atoms with Crippen LogP contribution in [-0.2, 0) is 6.42 Å². The lowest BCUT2D eigenvalue weighted by atomic mass is 10.1. The van der Waals surface area contributed by atoms with E-state index in [2.05, 4.69) is 10.6 Å². The Bertz CT molecular complexity index is 681. The summed E-state index contributed by atoms with van der Waals surface area (Å²) >= 11 is 0. The molecule has 0 aromatic heterocycles. The number of carbonyl (C=O) groups is 1. The van der Waals surface area contributed by atoms with E-state index in [4.69, 9.17) is 9.47 Å². The van der Waals surface area contributed by atoms with Gasteiger partial charge in [0.2, 0.25) is 0 Å². The van der Waals surface area contributed by atoms with Gasteiger partial charge in [-0.2, -0.15) is 0 Å². The summed E-state index contributed by atoms with van der Waals surface area (Å²) in [6, 6.07) is 15.1. The molecule has 5 heteroatoms. The Hall–Kier alpha value is -2.95. The third-order valence-corrected chi connectivity index (χ3v) is 3.44. The van der Waals surface area contributed by atoms with Crippen LogP contribution in [0.15, 0.2) is 54.7 Å². The van der Waals surface area contributed by atoms with Gasteiger partial charge in [0.05, 0.1) is 14.2 Å². The lowest BCUT2D eigenvalue weighted by molar-refractivity contribution is 0.244. The molecule has 0 radical (unpaired) electrons. The summed E-state index contributed by atoms with van der Waals surface area (Å²) in [6.45, 7) is 0.551. The first kappa shape index (κ1) is 17.4. The zero-order chi connectivity index (χ0) is 17.2. The van der Waals surface area contributed by atoms with Gasteiger partial charge in [-0.25, -0.2) is 4.79 Å². The molecule has 2 aromatic carbocycles. The van der Waals surface area contributed by atoms with Crippen LogP contribution >= 0.6 is 0 Å². The standard InChI is InChI=1S/C19H22N2O3/c1-23-17-8-6-15(7-9-17)10-12-20-19(22)21-13-11-16-4-3-5-18(14-16)24-2/h3-10,12,14H,11,13H2,1-2H3,(H2,20,21,22)/b12-10+. The van der Waals surface area contributed by atoms with Crippen LogP contribution in [0.1, 0.15) is 11.1 Å². The number of benzene rings is 2. The monoisotopic (exact) mass is 326 g/mol. The molecule has 0 atom stereocenters. The molecular formula is C19H22N2O3. The molecule has 0 heterocycles. The van der Waals surface area contributed by atoms with Gasteiger partial charge >= 0.3 is 6.03 Å². The number of rotatable bonds is 7. The number of urea groups is 1. The summed E-state index contributed by atoms with van der Waals surface area (Å²) in [5, 5.41) is 5.49. The Morgan fingerprint density at radius 1 is 1.04 bits per heavy atom.